The van der Waals surface area contributed by atoms with Crippen LogP contribution in [0.4, 0.5) is 0 Å². The third-order valence-corrected chi connectivity index (χ3v) is 1.50. The lowest BCUT2D eigenvalue weighted by atomic mass is 10.4. The van der Waals surface area contributed by atoms with Crippen LogP contribution in [0.3, 0.4) is 0 Å². The smallest absolute Gasteiger partial charge is 0.371 e. The molecule has 6 nitrogen and oxygen atoms in total. The van der Waals surface area contributed by atoms with Crippen molar-refractivity contribution < 1.29 is 28.6 Å². The van der Waals surface area contributed by atoms with E-state index in [1.54, 1.807) is 0 Å². The monoisotopic (exact) mass is 224 g/mol. The Bertz CT molecular complexity index is 395. The average Bonchev–Trinajstić information content (AvgIpc) is 2.93. The molecule has 6 heteroatoms. The van der Waals surface area contributed by atoms with E-state index in [0.29, 0.717) is 0 Å². The topological polar surface area (TPSA) is 101 Å². The summed E-state index contributed by atoms with van der Waals surface area (Å²) in [6.45, 7) is 0. The molecule has 84 valence electrons. The predicted molar refractivity (Wildman–Crippen MR) is 51.3 cm³/mol. The van der Waals surface area contributed by atoms with Crippen molar-refractivity contribution in [2.75, 3.05) is 0 Å². The standard InChI is InChI=1S/2C5H4O3/c6-5(7)4-1-2-8-3-4;6-5(7)4-2-1-3-8-4/h2*1-3H,(H,6,7). The Morgan fingerprint density at radius 2 is 1.81 bits per heavy atom. The number of hydrogen-bond donors (Lipinski definition) is 2. The van der Waals surface area contributed by atoms with Crippen LogP contribution < -0.4 is 0 Å². The van der Waals surface area contributed by atoms with Crippen LogP contribution >= 0.6 is 0 Å². The van der Waals surface area contributed by atoms with Gasteiger partial charge in [0.25, 0.3) is 0 Å². The molecule has 2 rings (SSSR count). The minimum atomic E-state index is -1.03. The maximum absolute atomic E-state index is 10.0. The van der Waals surface area contributed by atoms with Gasteiger partial charge in [-0.3, -0.25) is 0 Å². The minimum Gasteiger partial charge on any atom is -0.478 e. The number of hydrogen-bond acceptors (Lipinski definition) is 4. The van der Waals surface area contributed by atoms with Crippen molar-refractivity contribution in [3.63, 3.8) is 0 Å². The molecular weight excluding hydrogens is 216 g/mol. The molecule has 0 amide bonds. The minimum absolute atomic E-state index is 0.0231. The van der Waals surface area contributed by atoms with Gasteiger partial charge in [-0.25, -0.2) is 9.59 Å². The van der Waals surface area contributed by atoms with E-state index in [1.807, 2.05) is 0 Å². The second-order valence-electron chi connectivity index (χ2n) is 2.60. The van der Waals surface area contributed by atoms with E-state index in [0.717, 1.165) is 0 Å². The van der Waals surface area contributed by atoms with Gasteiger partial charge in [-0.05, 0) is 18.2 Å². The van der Waals surface area contributed by atoms with Gasteiger partial charge in [0.15, 0.2) is 0 Å². The molecule has 0 aliphatic heterocycles. The Kier molecular flexibility index (Phi) is 3.90. The third kappa shape index (κ3) is 3.33. The van der Waals surface area contributed by atoms with Gasteiger partial charge in [-0.1, -0.05) is 0 Å². The van der Waals surface area contributed by atoms with Crippen molar-refractivity contribution in [2.45, 2.75) is 0 Å². The van der Waals surface area contributed by atoms with Crippen LogP contribution in [0.5, 0.6) is 0 Å². The molecule has 2 heterocycles. The van der Waals surface area contributed by atoms with Gasteiger partial charge >= 0.3 is 11.9 Å². The first-order valence-corrected chi connectivity index (χ1v) is 4.13. The molecule has 0 spiro atoms. The molecule has 0 unspecified atom stereocenters. The molecule has 0 fully saturated rings. The molecule has 0 aromatic carbocycles. The van der Waals surface area contributed by atoms with E-state index in [9.17, 15) is 9.59 Å². The van der Waals surface area contributed by atoms with Crippen LogP contribution in [0.1, 0.15) is 20.9 Å². The lowest BCUT2D eigenvalue weighted by molar-refractivity contribution is 0.0659. The first-order chi connectivity index (χ1) is 7.61. The second-order valence-corrected chi connectivity index (χ2v) is 2.60. The lowest BCUT2D eigenvalue weighted by Crippen LogP contribution is -1.90. The molecule has 0 saturated carbocycles. The van der Waals surface area contributed by atoms with Crippen LogP contribution in [-0.2, 0) is 0 Å². The summed E-state index contributed by atoms with van der Waals surface area (Å²) in [5.74, 6) is -2.02. The number of carboxylic acid groups (broad SMARTS) is 2. The molecule has 2 aromatic rings. The average molecular weight is 224 g/mol. The maximum Gasteiger partial charge on any atom is 0.371 e. The highest BCUT2D eigenvalue weighted by Gasteiger charge is 2.01. The summed E-state index contributed by atoms with van der Waals surface area (Å²) in [5, 5.41) is 16.4. The van der Waals surface area contributed by atoms with Gasteiger partial charge in [0, 0.05) is 0 Å². The number of furan rings is 2. The van der Waals surface area contributed by atoms with E-state index in [2.05, 4.69) is 8.83 Å². The number of carboxylic acids is 2. The third-order valence-electron chi connectivity index (χ3n) is 1.50. The van der Waals surface area contributed by atoms with E-state index in [4.69, 9.17) is 10.2 Å². The fourth-order valence-corrected chi connectivity index (χ4v) is 0.786. The van der Waals surface area contributed by atoms with Crippen molar-refractivity contribution in [1.29, 1.82) is 0 Å². The summed E-state index contributed by atoms with van der Waals surface area (Å²) >= 11 is 0. The zero-order chi connectivity index (χ0) is 12.0. The maximum atomic E-state index is 10.0. The normalized spacial score (nSPS) is 9.00. The highest BCUT2D eigenvalue weighted by molar-refractivity contribution is 5.86. The van der Waals surface area contributed by atoms with Crippen LogP contribution in [-0.4, -0.2) is 22.2 Å². The van der Waals surface area contributed by atoms with Crippen molar-refractivity contribution >= 4 is 11.9 Å². The molecule has 16 heavy (non-hydrogen) atoms. The van der Waals surface area contributed by atoms with E-state index >= 15 is 0 Å². The summed E-state index contributed by atoms with van der Waals surface area (Å²) in [7, 11) is 0. The molecule has 2 aromatic heterocycles. The fourth-order valence-electron chi connectivity index (χ4n) is 0.786. The zero-order valence-electron chi connectivity index (χ0n) is 7.99. The highest BCUT2D eigenvalue weighted by Crippen LogP contribution is 1.98. The van der Waals surface area contributed by atoms with Gasteiger partial charge < -0.3 is 19.0 Å². The summed E-state index contributed by atoms with van der Waals surface area (Å²) in [5.41, 5.74) is 0.185. The predicted octanol–water partition coefficient (Wildman–Crippen LogP) is 1.96. The number of rotatable bonds is 2. The largest absolute Gasteiger partial charge is 0.478 e. The Hall–Kier alpha value is -2.50. The van der Waals surface area contributed by atoms with Gasteiger partial charge in [-0.15, -0.1) is 0 Å². The zero-order valence-corrected chi connectivity index (χ0v) is 7.99. The van der Waals surface area contributed by atoms with Gasteiger partial charge in [-0.2, -0.15) is 0 Å². The van der Waals surface area contributed by atoms with Gasteiger partial charge in [0.05, 0.1) is 18.1 Å². The Morgan fingerprint density at radius 1 is 1.06 bits per heavy atom. The molecular formula is C10H8O6. The first kappa shape index (κ1) is 11.6. The molecule has 0 aliphatic rings. The molecule has 0 radical (unpaired) electrons. The van der Waals surface area contributed by atoms with E-state index < -0.39 is 11.9 Å². The van der Waals surface area contributed by atoms with E-state index in [1.165, 1.54) is 37.0 Å². The van der Waals surface area contributed by atoms with Crippen LogP contribution in [0.15, 0.2) is 45.8 Å². The fraction of sp³-hybridized carbons (Fsp3) is 0. The quantitative estimate of drug-likeness (QED) is 0.808. The summed E-state index contributed by atoms with van der Waals surface area (Å²) < 4.78 is 8.99. The van der Waals surface area contributed by atoms with Crippen LogP contribution in [0.25, 0.3) is 0 Å². The van der Waals surface area contributed by atoms with Gasteiger partial charge in [0.2, 0.25) is 5.76 Å². The summed E-state index contributed by atoms with van der Waals surface area (Å²) in [6, 6.07) is 4.31. The van der Waals surface area contributed by atoms with E-state index in [-0.39, 0.29) is 11.3 Å². The van der Waals surface area contributed by atoms with Crippen LogP contribution in [0, 0.1) is 0 Å². The van der Waals surface area contributed by atoms with Crippen molar-refractivity contribution in [3.05, 3.63) is 48.3 Å². The first-order valence-electron chi connectivity index (χ1n) is 4.13. The Labute approximate surface area is 89.7 Å². The van der Waals surface area contributed by atoms with Crippen molar-refractivity contribution in [1.82, 2.24) is 0 Å². The van der Waals surface area contributed by atoms with Gasteiger partial charge in [0.1, 0.15) is 6.26 Å². The highest BCUT2D eigenvalue weighted by atomic mass is 16.4. The summed E-state index contributed by atoms with van der Waals surface area (Å²) in [4.78, 5) is 20.0. The molecule has 0 saturated heterocycles. The van der Waals surface area contributed by atoms with Crippen molar-refractivity contribution in [3.8, 4) is 0 Å². The Morgan fingerprint density at radius 3 is 2.06 bits per heavy atom. The Balaban J connectivity index is 0.000000160. The summed E-state index contributed by atoms with van der Waals surface area (Å²) in [6.07, 6.45) is 3.83. The molecule has 0 bridgehead atoms. The SMILES string of the molecule is O=C(O)c1ccco1.O=C(O)c1ccoc1. The molecule has 0 aliphatic carbocycles. The van der Waals surface area contributed by atoms with Crippen LogP contribution in [0.2, 0.25) is 0 Å². The lowest BCUT2D eigenvalue weighted by Gasteiger charge is -1.79. The number of carbonyl (C=O) groups is 2. The second kappa shape index (κ2) is 5.40. The molecule has 0 atom stereocenters. The molecule has 2 N–H and O–H groups in total. The van der Waals surface area contributed by atoms with Crippen molar-refractivity contribution in [2.24, 2.45) is 0 Å². The number of aromatic carboxylic acids is 2.